The fourth-order valence-corrected chi connectivity index (χ4v) is 3.05. The first kappa shape index (κ1) is 13.8. The number of methoxy groups -OCH3 is 1. The van der Waals surface area contributed by atoms with Crippen molar-refractivity contribution >= 4 is 11.7 Å². The van der Waals surface area contributed by atoms with Gasteiger partial charge in [-0.25, -0.2) is 14.3 Å². The molecular formula is C14H18N4O3. The molecule has 1 amide bonds. The van der Waals surface area contributed by atoms with Gasteiger partial charge in [-0.3, -0.25) is 0 Å². The van der Waals surface area contributed by atoms with Gasteiger partial charge in [0.25, 0.3) is 0 Å². The molecule has 0 radical (unpaired) electrons. The summed E-state index contributed by atoms with van der Waals surface area (Å²) >= 11 is 0. The smallest absolute Gasteiger partial charge is 0.407 e. The summed E-state index contributed by atoms with van der Waals surface area (Å²) in [6, 6.07) is 2.00. The number of ether oxygens (including phenoxy) is 1. The summed E-state index contributed by atoms with van der Waals surface area (Å²) in [7, 11) is 1.63. The number of hydrogen-bond acceptors (Lipinski definition) is 4. The third-order valence-corrected chi connectivity index (χ3v) is 4.19. The molecule has 0 aromatic carbocycles. The van der Waals surface area contributed by atoms with E-state index in [2.05, 4.69) is 10.1 Å². The number of piperidine rings is 1. The highest BCUT2D eigenvalue weighted by Gasteiger charge is 2.33. The maximum absolute atomic E-state index is 11.1. The minimum Gasteiger partial charge on any atom is -0.465 e. The number of carboxylic acid groups (broad SMARTS) is 1. The lowest BCUT2D eigenvalue weighted by Crippen LogP contribution is -2.46. The summed E-state index contributed by atoms with van der Waals surface area (Å²) in [5, 5.41) is 13.3. The van der Waals surface area contributed by atoms with Crippen LogP contribution in [0.15, 0.2) is 18.6 Å². The molecule has 0 unspecified atom stereocenters. The molecule has 7 nitrogen and oxygen atoms in total. The zero-order chi connectivity index (χ0) is 15.0. The molecule has 1 aliphatic heterocycles. The minimum atomic E-state index is -0.890. The van der Waals surface area contributed by atoms with Crippen LogP contribution < -0.4 is 0 Å². The summed E-state index contributed by atoms with van der Waals surface area (Å²) in [6.45, 7) is 2.96. The quantitative estimate of drug-likeness (QED) is 0.907. The highest BCUT2D eigenvalue weighted by Crippen LogP contribution is 2.32. The number of nitrogens with zero attached hydrogens (tertiary/aromatic N) is 4. The Morgan fingerprint density at radius 3 is 3.05 bits per heavy atom. The average molecular weight is 290 g/mol. The van der Waals surface area contributed by atoms with Gasteiger partial charge in [0, 0.05) is 25.8 Å². The average Bonchev–Trinajstić information content (AvgIpc) is 2.92. The van der Waals surface area contributed by atoms with Gasteiger partial charge in [0.2, 0.25) is 0 Å². The second-order valence-electron chi connectivity index (χ2n) is 5.37. The van der Waals surface area contributed by atoms with Gasteiger partial charge in [0.1, 0.15) is 6.33 Å². The third-order valence-electron chi connectivity index (χ3n) is 4.19. The van der Waals surface area contributed by atoms with Gasteiger partial charge < -0.3 is 14.7 Å². The van der Waals surface area contributed by atoms with Crippen molar-refractivity contribution in [1.82, 2.24) is 19.5 Å². The Morgan fingerprint density at radius 1 is 1.52 bits per heavy atom. The fraction of sp³-hybridized carbons (Fsp3) is 0.500. The summed E-state index contributed by atoms with van der Waals surface area (Å²) in [6.07, 6.45) is 3.21. The highest BCUT2D eigenvalue weighted by molar-refractivity contribution is 5.65. The lowest BCUT2D eigenvalue weighted by atomic mass is 9.85. The number of fused-ring (bicyclic) bond motifs is 1. The van der Waals surface area contributed by atoms with Crippen LogP contribution in [0.5, 0.6) is 0 Å². The van der Waals surface area contributed by atoms with Crippen molar-refractivity contribution < 1.29 is 14.6 Å². The first-order valence-corrected chi connectivity index (χ1v) is 6.90. The molecule has 0 spiro atoms. The van der Waals surface area contributed by atoms with Crippen molar-refractivity contribution in [2.24, 2.45) is 0 Å². The summed E-state index contributed by atoms with van der Waals surface area (Å²) in [5.41, 5.74) is 3.09. The molecule has 1 N–H and O–H groups in total. The monoisotopic (exact) mass is 290 g/mol. The Hall–Kier alpha value is -2.15. The predicted octanol–water partition coefficient (Wildman–Crippen LogP) is 1.52. The zero-order valence-corrected chi connectivity index (χ0v) is 12.1. The number of aromatic nitrogens is 3. The van der Waals surface area contributed by atoms with Crippen LogP contribution in [0.3, 0.4) is 0 Å². The Morgan fingerprint density at radius 2 is 2.33 bits per heavy atom. The van der Waals surface area contributed by atoms with E-state index in [4.69, 9.17) is 9.84 Å². The standard InChI is InChI=1S/C14H18N4O3/c1-9-5-13-15-8-16-18(13)6-11(9)10-3-4-17(14(19)20)7-12(10)21-2/h5-6,8,10,12H,3-4,7H2,1-2H3,(H,19,20)/t10-,12+/m0/s1. The SMILES string of the molecule is CO[C@@H]1CN(C(=O)O)CC[C@H]1c1cn2ncnc2cc1C. The molecule has 0 bridgehead atoms. The van der Waals surface area contributed by atoms with Crippen molar-refractivity contribution in [1.29, 1.82) is 0 Å². The molecule has 1 aliphatic rings. The third kappa shape index (κ3) is 2.44. The molecule has 3 rings (SSSR count). The van der Waals surface area contributed by atoms with Gasteiger partial charge >= 0.3 is 6.09 Å². The number of amides is 1. The van der Waals surface area contributed by atoms with E-state index < -0.39 is 6.09 Å². The van der Waals surface area contributed by atoms with Crippen LogP contribution in [-0.4, -0.2) is 57.0 Å². The number of carbonyl (C=O) groups is 1. The van der Waals surface area contributed by atoms with Crippen LogP contribution >= 0.6 is 0 Å². The van der Waals surface area contributed by atoms with Gasteiger partial charge in [0.05, 0.1) is 12.6 Å². The largest absolute Gasteiger partial charge is 0.465 e. The lowest BCUT2D eigenvalue weighted by molar-refractivity contribution is 0.0175. The number of aryl methyl sites for hydroxylation is 1. The van der Waals surface area contributed by atoms with Crippen LogP contribution in [0.4, 0.5) is 4.79 Å². The second-order valence-corrected chi connectivity index (χ2v) is 5.37. The molecule has 21 heavy (non-hydrogen) atoms. The molecule has 1 fully saturated rings. The zero-order valence-electron chi connectivity index (χ0n) is 12.1. The van der Waals surface area contributed by atoms with E-state index in [1.807, 2.05) is 19.2 Å². The number of pyridine rings is 1. The van der Waals surface area contributed by atoms with Crippen molar-refractivity contribution in [3.8, 4) is 0 Å². The van der Waals surface area contributed by atoms with E-state index in [1.54, 1.807) is 11.6 Å². The Bertz CT molecular complexity index is 669. The first-order valence-electron chi connectivity index (χ1n) is 6.90. The second kappa shape index (κ2) is 5.33. The Balaban J connectivity index is 1.93. The summed E-state index contributed by atoms with van der Waals surface area (Å²) < 4.78 is 7.29. The van der Waals surface area contributed by atoms with Gasteiger partial charge in [-0.1, -0.05) is 0 Å². The van der Waals surface area contributed by atoms with Crippen molar-refractivity contribution in [2.75, 3.05) is 20.2 Å². The predicted molar refractivity (Wildman–Crippen MR) is 75.5 cm³/mol. The Kier molecular flexibility index (Phi) is 3.50. The fourth-order valence-electron chi connectivity index (χ4n) is 3.05. The number of likely N-dealkylation sites (tertiary alicyclic amines) is 1. The highest BCUT2D eigenvalue weighted by atomic mass is 16.5. The normalized spacial score (nSPS) is 22.7. The van der Waals surface area contributed by atoms with Crippen molar-refractivity contribution in [2.45, 2.75) is 25.4 Å². The van der Waals surface area contributed by atoms with Crippen molar-refractivity contribution in [3.05, 3.63) is 29.7 Å². The van der Waals surface area contributed by atoms with Crippen molar-refractivity contribution in [3.63, 3.8) is 0 Å². The minimum absolute atomic E-state index is 0.144. The number of hydrogen-bond donors (Lipinski definition) is 1. The summed E-state index contributed by atoms with van der Waals surface area (Å²) in [4.78, 5) is 16.7. The van der Waals surface area contributed by atoms with E-state index in [1.165, 1.54) is 11.2 Å². The molecular weight excluding hydrogens is 272 g/mol. The van der Waals surface area contributed by atoms with Gasteiger partial charge in [-0.05, 0) is 30.5 Å². The van der Waals surface area contributed by atoms with E-state index >= 15 is 0 Å². The molecule has 2 atom stereocenters. The molecule has 0 saturated carbocycles. The molecule has 1 saturated heterocycles. The van der Waals surface area contributed by atoms with Gasteiger partial charge in [-0.15, -0.1) is 0 Å². The van der Waals surface area contributed by atoms with E-state index in [0.717, 1.165) is 23.2 Å². The van der Waals surface area contributed by atoms with E-state index in [9.17, 15) is 4.79 Å². The molecule has 112 valence electrons. The molecule has 7 heteroatoms. The summed E-state index contributed by atoms with van der Waals surface area (Å²) in [5.74, 6) is 0.166. The molecule has 3 heterocycles. The Labute approximate surface area is 122 Å². The van der Waals surface area contributed by atoms with Crippen LogP contribution in [-0.2, 0) is 4.74 Å². The molecule has 0 aliphatic carbocycles. The topological polar surface area (TPSA) is 80.0 Å². The van der Waals surface area contributed by atoms with Crippen LogP contribution in [0.2, 0.25) is 0 Å². The van der Waals surface area contributed by atoms with Crippen LogP contribution in [0, 0.1) is 6.92 Å². The maximum atomic E-state index is 11.1. The van der Waals surface area contributed by atoms with E-state index in [-0.39, 0.29) is 12.0 Å². The molecule has 2 aromatic heterocycles. The lowest BCUT2D eigenvalue weighted by Gasteiger charge is -2.37. The van der Waals surface area contributed by atoms with Gasteiger partial charge in [-0.2, -0.15) is 5.10 Å². The molecule has 2 aromatic rings. The number of rotatable bonds is 2. The van der Waals surface area contributed by atoms with Gasteiger partial charge in [0.15, 0.2) is 5.65 Å². The van der Waals surface area contributed by atoms with Crippen LogP contribution in [0.1, 0.15) is 23.5 Å². The van der Waals surface area contributed by atoms with Crippen LogP contribution in [0.25, 0.3) is 5.65 Å². The van der Waals surface area contributed by atoms with E-state index in [0.29, 0.717) is 13.1 Å². The maximum Gasteiger partial charge on any atom is 0.407 e. The first-order chi connectivity index (χ1) is 10.1.